The number of hydrogen-bond acceptors (Lipinski definition) is 4. The van der Waals surface area contributed by atoms with Crippen LogP contribution >= 0.6 is 0 Å². The summed E-state index contributed by atoms with van der Waals surface area (Å²) >= 11 is 0. The lowest BCUT2D eigenvalue weighted by Crippen LogP contribution is -2.61. The molecule has 246 valence electrons. The van der Waals surface area contributed by atoms with Crippen LogP contribution in [0.1, 0.15) is 52.7 Å². The van der Waals surface area contributed by atoms with E-state index in [1.165, 1.54) is 50.0 Å². The summed E-state index contributed by atoms with van der Waals surface area (Å²) < 4.78 is 12.1. The number of ether oxygens (including phenoxy) is 2. The Kier molecular flexibility index (Phi) is 6.77. The lowest BCUT2D eigenvalue weighted by molar-refractivity contribution is 0.174. The van der Waals surface area contributed by atoms with Crippen molar-refractivity contribution in [2.45, 2.75) is 52.4 Å². The lowest BCUT2D eigenvalue weighted by Gasteiger charge is -2.45. The fraction of sp³-hybridized carbons (Fsp3) is 0.200. The molecule has 0 aromatic heterocycles. The van der Waals surface area contributed by atoms with Crippen LogP contribution in [0.3, 0.4) is 0 Å². The van der Waals surface area contributed by atoms with E-state index in [4.69, 9.17) is 9.47 Å². The first-order valence-electron chi connectivity index (χ1n) is 17.6. The van der Waals surface area contributed by atoms with E-state index in [1.54, 1.807) is 0 Å². The molecule has 0 unspecified atom stereocenters. The minimum Gasteiger partial charge on any atom is -0.454 e. The molecule has 6 aromatic carbocycles. The molecule has 5 heteroatoms. The normalized spacial score (nSPS) is 14.3. The minimum absolute atomic E-state index is 0.00333. The van der Waals surface area contributed by atoms with Gasteiger partial charge in [0.25, 0.3) is 6.71 Å². The Hall–Kier alpha value is -5.42. The Morgan fingerprint density at radius 2 is 1.14 bits per heavy atom. The van der Waals surface area contributed by atoms with Gasteiger partial charge >= 0.3 is 0 Å². The van der Waals surface area contributed by atoms with Crippen LogP contribution in [0.25, 0.3) is 11.1 Å². The smallest absolute Gasteiger partial charge is 0.252 e. The third-order valence-electron chi connectivity index (χ3n) is 10.6. The highest BCUT2D eigenvalue weighted by molar-refractivity contribution is 7.00. The van der Waals surface area contributed by atoms with Crippen molar-refractivity contribution in [2.75, 3.05) is 16.6 Å². The minimum atomic E-state index is -0.00333. The standard InChI is InChI=1S/C45H41BN2O2/c1-44(2,3)31-19-22-33(23-20-31)47-37-24-21-32(45(4,5)6)27-35(37)46-34-15-10-11-16-36(34)48(38-17-12-18-41-43(38)50-28-49-41)40-26-30(25-39(47)42(40)46)29-13-8-7-9-14-29/h7-27H,28H2,1-6H3. The molecule has 0 saturated heterocycles. The summed E-state index contributed by atoms with van der Waals surface area (Å²) in [6.45, 7) is 14.0. The number of benzene rings is 6. The number of anilines is 6. The summed E-state index contributed by atoms with van der Waals surface area (Å²) in [5.41, 5.74) is 15.8. The van der Waals surface area contributed by atoms with Gasteiger partial charge < -0.3 is 19.3 Å². The lowest BCUT2D eigenvalue weighted by atomic mass is 9.33. The van der Waals surface area contributed by atoms with E-state index in [1.807, 2.05) is 6.07 Å². The maximum Gasteiger partial charge on any atom is 0.252 e. The second kappa shape index (κ2) is 11.0. The number of rotatable bonds is 3. The van der Waals surface area contributed by atoms with Gasteiger partial charge in [0, 0.05) is 28.4 Å². The quantitative estimate of drug-likeness (QED) is 0.178. The van der Waals surface area contributed by atoms with E-state index in [9.17, 15) is 0 Å². The molecule has 9 rings (SSSR count). The predicted molar refractivity (Wildman–Crippen MR) is 209 cm³/mol. The molecule has 0 fully saturated rings. The van der Waals surface area contributed by atoms with Crippen LogP contribution in [-0.2, 0) is 10.8 Å². The van der Waals surface area contributed by atoms with Gasteiger partial charge in [-0.1, -0.05) is 120 Å². The Balaban J connectivity index is 1.39. The molecule has 4 nitrogen and oxygen atoms in total. The van der Waals surface area contributed by atoms with Crippen LogP contribution < -0.4 is 35.7 Å². The van der Waals surface area contributed by atoms with Gasteiger partial charge in [-0.05, 0) is 98.0 Å². The van der Waals surface area contributed by atoms with E-state index in [0.29, 0.717) is 0 Å². The van der Waals surface area contributed by atoms with Crippen molar-refractivity contribution in [3.05, 3.63) is 139 Å². The predicted octanol–water partition coefficient (Wildman–Crippen LogP) is 9.76. The molecule has 3 aliphatic heterocycles. The van der Waals surface area contributed by atoms with Crippen molar-refractivity contribution in [1.29, 1.82) is 0 Å². The van der Waals surface area contributed by atoms with Crippen LogP contribution in [0.15, 0.2) is 127 Å². The zero-order valence-electron chi connectivity index (χ0n) is 29.6. The second-order valence-corrected chi connectivity index (χ2v) is 15.8. The SMILES string of the molecule is CC(C)(C)c1ccc(N2c3ccc(C(C)(C)C)cc3B3c4ccccc4N(c4cccc5c4OCO5)c4cc(-c5ccccc5)cc2c43)cc1. The molecule has 0 bridgehead atoms. The summed E-state index contributed by atoms with van der Waals surface area (Å²) in [5, 5.41) is 0. The van der Waals surface area contributed by atoms with Gasteiger partial charge in [0.15, 0.2) is 11.5 Å². The van der Waals surface area contributed by atoms with E-state index >= 15 is 0 Å². The van der Waals surface area contributed by atoms with Gasteiger partial charge in [-0.15, -0.1) is 0 Å². The molecule has 0 N–H and O–H groups in total. The third-order valence-corrected chi connectivity index (χ3v) is 10.6. The van der Waals surface area contributed by atoms with Crippen LogP contribution in [0.5, 0.6) is 11.5 Å². The summed E-state index contributed by atoms with van der Waals surface area (Å²) in [6.07, 6.45) is 0. The molecular formula is C45H41BN2O2. The van der Waals surface area contributed by atoms with Crippen molar-refractivity contribution in [2.24, 2.45) is 0 Å². The Bertz CT molecular complexity index is 2280. The zero-order chi connectivity index (χ0) is 34.4. The summed E-state index contributed by atoms with van der Waals surface area (Å²) in [6, 6.07) is 47.0. The first-order chi connectivity index (χ1) is 24.1. The first-order valence-corrected chi connectivity index (χ1v) is 17.6. The number of fused-ring (bicyclic) bond motifs is 5. The van der Waals surface area contributed by atoms with Crippen molar-refractivity contribution in [1.82, 2.24) is 0 Å². The molecule has 6 aromatic rings. The highest BCUT2D eigenvalue weighted by atomic mass is 16.7. The van der Waals surface area contributed by atoms with E-state index in [2.05, 4.69) is 173 Å². The Morgan fingerprint density at radius 3 is 1.88 bits per heavy atom. The van der Waals surface area contributed by atoms with E-state index in [-0.39, 0.29) is 24.3 Å². The van der Waals surface area contributed by atoms with Crippen LogP contribution in [-0.4, -0.2) is 13.5 Å². The molecule has 0 spiro atoms. The van der Waals surface area contributed by atoms with Gasteiger partial charge in [0.1, 0.15) is 0 Å². The largest absolute Gasteiger partial charge is 0.454 e. The maximum absolute atomic E-state index is 6.19. The fourth-order valence-corrected chi connectivity index (χ4v) is 7.95. The number of para-hydroxylation sites is 2. The number of hydrogen-bond donors (Lipinski definition) is 0. The molecule has 3 aliphatic rings. The molecular weight excluding hydrogens is 611 g/mol. The first kappa shape index (κ1) is 30.6. The molecule has 0 radical (unpaired) electrons. The summed E-state index contributed by atoms with van der Waals surface area (Å²) in [4.78, 5) is 4.90. The van der Waals surface area contributed by atoms with Gasteiger partial charge in [-0.3, -0.25) is 0 Å². The second-order valence-electron chi connectivity index (χ2n) is 15.8. The van der Waals surface area contributed by atoms with Gasteiger partial charge in [-0.2, -0.15) is 0 Å². The average molecular weight is 653 g/mol. The van der Waals surface area contributed by atoms with Gasteiger partial charge in [0.05, 0.1) is 5.69 Å². The molecule has 3 heterocycles. The van der Waals surface area contributed by atoms with Crippen molar-refractivity contribution >= 4 is 57.2 Å². The van der Waals surface area contributed by atoms with Crippen molar-refractivity contribution < 1.29 is 9.47 Å². The molecule has 50 heavy (non-hydrogen) atoms. The third kappa shape index (κ3) is 4.74. The van der Waals surface area contributed by atoms with Crippen molar-refractivity contribution in [3.8, 4) is 22.6 Å². The van der Waals surface area contributed by atoms with Gasteiger partial charge in [-0.25, -0.2) is 0 Å². The topological polar surface area (TPSA) is 24.9 Å². The molecule has 0 atom stereocenters. The van der Waals surface area contributed by atoms with Crippen LogP contribution in [0, 0.1) is 0 Å². The van der Waals surface area contributed by atoms with Crippen LogP contribution in [0.2, 0.25) is 0 Å². The molecule has 0 aliphatic carbocycles. The van der Waals surface area contributed by atoms with E-state index in [0.717, 1.165) is 34.2 Å². The van der Waals surface area contributed by atoms with Crippen LogP contribution in [0.4, 0.5) is 34.1 Å². The Labute approximate surface area is 296 Å². The molecule has 0 amide bonds. The molecule has 0 saturated carbocycles. The fourth-order valence-electron chi connectivity index (χ4n) is 7.95. The van der Waals surface area contributed by atoms with Crippen molar-refractivity contribution in [3.63, 3.8) is 0 Å². The summed E-state index contributed by atoms with van der Waals surface area (Å²) in [7, 11) is 0. The Morgan fingerprint density at radius 1 is 0.500 bits per heavy atom. The maximum atomic E-state index is 6.19. The monoisotopic (exact) mass is 652 g/mol. The highest BCUT2D eigenvalue weighted by Gasteiger charge is 2.44. The highest BCUT2D eigenvalue weighted by Crippen LogP contribution is 2.50. The summed E-state index contributed by atoms with van der Waals surface area (Å²) in [5.74, 6) is 1.55. The number of nitrogens with zero attached hydrogens (tertiary/aromatic N) is 2. The zero-order valence-corrected chi connectivity index (χ0v) is 29.6. The average Bonchev–Trinajstić information content (AvgIpc) is 3.60. The van der Waals surface area contributed by atoms with Gasteiger partial charge in [0.2, 0.25) is 6.79 Å². The van der Waals surface area contributed by atoms with E-state index < -0.39 is 0 Å².